The van der Waals surface area contributed by atoms with Crippen molar-refractivity contribution in [3.63, 3.8) is 0 Å². The summed E-state index contributed by atoms with van der Waals surface area (Å²) < 4.78 is 76.4. The third-order valence-corrected chi connectivity index (χ3v) is 5.72. The van der Waals surface area contributed by atoms with E-state index in [1.807, 2.05) is 5.32 Å². The van der Waals surface area contributed by atoms with Crippen LogP contribution in [-0.2, 0) is 20.8 Å². The molecule has 1 unspecified atom stereocenters. The van der Waals surface area contributed by atoms with Gasteiger partial charge in [0.05, 0.1) is 21.9 Å². The number of rotatable bonds is 5. The van der Waals surface area contributed by atoms with Gasteiger partial charge in [0.1, 0.15) is 5.82 Å². The second-order valence-electron chi connectivity index (χ2n) is 6.30. The molecule has 0 saturated heterocycles. The minimum Gasteiger partial charge on any atom is -0.379 e. The van der Waals surface area contributed by atoms with Crippen molar-refractivity contribution in [1.29, 1.82) is 0 Å². The number of halogens is 4. The molecule has 1 amide bonds. The third-order valence-electron chi connectivity index (χ3n) is 3.78. The number of aliphatic hydroxyl groups is 1. The fraction of sp³-hybridized carbons (Fsp3) is 0.250. The molecule has 0 saturated carbocycles. The molecule has 0 radical (unpaired) electrons. The van der Waals surface area contributed by atoms with Gasteiger partial charge in [-0.15, -0.1) is 0 Å². The molecule has 1 aromatic heterocycles. The number of hydrogen-bond donors (Lipinski definition) is 2. The zero-order valence-corrected chi connectivity index (χ0v) is 15.5. The first-order valence-electron chi connectivity index (χ1n) is 7.78. The molecule has 1 atom stereocenters. The number of nitrogens with one attached hydrogen (secondary N) is 1. The van der Waals surface area contributed by atoms with Crippen molar-refractivity contribution >= 4 is 34.9 Å². The molecule has 1 aromatic carbocycles. The number of amides is 1. The summed E-state index contributed by atoms with van der Waals surface area (Å²) in [6.45, 7) is 0.899. The van der Waals surface area contributed by atoms with Crippen molar-refractivity contribution < 1.29 is 35.9 Å². The fourth-order valence-electron chi connectivity index (χ4n) is 2.31. The van der Waals surface area contributed by atoms with Crippen molar-refractivity contribution in [3.8, 4) is 0 Å². The topological polar surface area (TPSA) is 96.4 Å². The number of benzene rings is 1. The molecule has 0 fully saturated rings. The number of carbonyl (C=O) groups is 1. The Bertz CT molecular complexity index is 993. The van der Waals surface area contributed by atoms with Gasteiger partial charge in [-0.05, 0) is 37.3 Å². The number of hydrogen-bond acceptors (Lipinski definition) is 5. The summed E-state index contributed by atoms with van der Waals surface area (Å²) in [7, 11) is -3.04. The highest BCUT2D eigenvalue weighted by molar-refractivity contribution is 7.91. The van der Waals surface area contributed by atoms with Gasteiger partial charge in [-0.3, -0.25) is 9.78 Å². The SMILES string of the molecule is Bc1ncc(NC(=O)C(C)(O)CS(=O)(=O)c2ccc(F)cc2)cc1C(F)(F)F. The van der Waals surface area contributed by atoms with Crippen LogP contribution in [0.15, 0.2) is 41.4 Å². The van der Waals surface area contributed by atoms with Crippen LogP contribution < -0.4 is 10.9 Å². The van der Waals surface area contributed by atoms with Crippen LogP contribution in [0, 0.1) is 5.82 Å². The largest absolute Gasteiger partial charge is 0.417 e. The first-order valence-corrected chi connectivity index (χ1v) is 9.43. The molecule has 0 bridgehead atoms. The molecule has 0 aliphatic heterocycles. The van der Waals surface area contributed by atoms with Crippen LogP contribution in [0.5, 0.6) is 0 Å². The van der Waals surface area contributed by atoms with Crippen molar-refractivity contribution in [3.05, 3.63) is 47.9 Å². The highest BCUT2D eigenvalue weighted by Crippen LogP contribution is 2.29. The Hall–Kier alpha value is -2.47. The summed E-state index contributed by atoms with van der Waals surface area (Å²) in [5.41, 5.74) is -4.22. The summed E-state index contributed by atoms with van der Waals surface area (Å²) in [5, 5.41) is 12.3. The Balaban J connectivity index is 2.22. The summed E-state index contributed by atoms with van der Waals surface area (Å²) in [4.78, 5) is 15.5. The van der Waals surface area contributed by atoms with E-state index in [0.29, 0.717) is 6.07 Å². The maximum atomic E-state index is 12.9. The smallest absolute Gasteiger partial charge is 0.379 e. The van der Waals surface area contributed by atoms with Gasteiger partial charge < -0.3 is 10.4 Å². The number of pyridine rings is 1. The molecule has 6 nitrogen and oxygen atoms in total. The van der Waals surface area contributed by atoms with Crippen molar-refractivity contribution in [2.45, 2.75) is 23.6 Å². The number of nitrogens with zero attached hydrogens (tertiary/aromatic N) is 1. The van der Waals surface area contributed by atoms with Crippen LogP contribution >= 0.6 is 0 Å². The number of aromatic nitrogens is 1. The predicted octanol–water partition coefficient (Wildman–Crippen LogP) is 0.661. The zero-order valence-electron chi connectivity index (χ0n) is 14.7. The molecule has 0 aliphatic carbocycles. The highest BCUT2D eigenvalue weighted by atomic mass is 32.2. The molecule has 150 valence electrons. The molecule has 2 rings (SSSR count). The summed E-state index contributed by atoms with van der Waals surface area (Å²) in [6.07, 6.45) is -3.75. The number of sulfone groups is 1. The first kappa shape index (κ1) is 21.8. The molecule has 0 aliphatic rings. The van der Waals surface area contributed by atoms with Gasteiger partial charge in [-0.2, -0.15) is 13.2 Å². The minimum atomic E-state index is -4.70. The zero-order chi connectivity index (χ0) is 21.3. The Morgan fingerprint density at radius 2 is 1.82 bits per heavy atom. The summed E-state index contributed by atoms with van der Waals surface area (Å²) in [5.74, 6) is -2.98. The second-order valence-corrected chi connectivity index (χ2v) is 8.29. The molecule has 2 aromatic rings. The quantitative estimate of drug-likeness (QED) is 0.423. The van der Waals surface area contributed by atoms with Gasteiger partial charge in [0, 0.05) is 11.8 Å². The highest BCUT2D eigenvalue weighted by Gasteiger charge is 2.38. The van der Waals surface area contributed by atoms with E-state index in [2.05, 4.69) is 4.98 Å². The molecule has 1 heterocycles. The maximum absolute atomic E-state index is 12.9. The van der Waals surface area contributed by atoms with Crippen molar-refractivity contribution in [2.24, 2.45) is 0 Å². The van der Waals surface area contributed by atoms with Crippen molar-refractivity contribution in [1.82, 2.24) is 4.98 Å². The summed E-state index contributed by atoms with van der Waals surface area (Å²) in [6, 6.07) is 4.37. The van der Waals surface area contributed by atoms with Gasteiger partial charge in [0.25, 0.3) is 5.91 Å². The van der Waals surface area contributed by atoms with E-state index in [9.17, 15) is 35.9 Å². The lowest BCUT2D eigenvalue weighted by Gasteiger charge is -2.22. The number of alkyl halides is 3. The molecule has 0 spiro atoms. The van der Waals surface area contributed by atoms with E-state index >= 15 is 0 Å². The Morgan fingerprint density at radius 1 is 1.25 bits per heavy atom. The lowest BCUT2D eigenvalue weighted by molar-refractivity contribution is -0.137. The average molecular weight is 418 g/mol. The van der Waals surface area contributed by atoms with Crippen LogP contribution in [0.2, 0.25) is 0 Å². The van der Waals surface area contributed by atoms with Gasteiger partial charge in [0.2, 0.25) is 0 Å². The van der Waals surface area contributed by atoms with E-state index < -0.39 is 44.7 Å². The lowest BCUT2D eigenvalue weighted by Crippen LogP contribution is -2.46. The van der Waals surface area contributed by atoms with E-state index in [1.54, 1.807) is 0 Å². The maximum Gasteiger partial charge on any atom is 0.417 e. The van der Waals surface area contributed by atoms with Crippen molar-refractivity contribution in [2.75, 3.05) is 11.1 Å². The van der Waals surface area contributed by atoms with Gasteiger partial charge >= 0.3 is 6.18 Å². The predicted molar refractivity (Wildman–Crippen MR) is 95.1 cm³/mol. The van der Waals surface area contributed by atoms with Gasteiger partial charge in [0.15, 0.2) is 23.3 Å². The van der Waals surface area contributed by atoms with Crippen LogP contribution in [0.3, 0.4) is 0 Å². The number of carbonyl (C=O) groups excluding carboxylic acids is 1. The van der Waals surface area contributed by atoms with E-state index in [0.717, 1.165) is 45.2 Å². The lowest BCUT2D eigenvalue weighted by atomic mass is 9.97. The van der Waals surface area contributed by atoms with Gasteiger partial charge in [-0.1, -0.05) is 0 Å². The minimum absolute atomic E-state index is 0.309. The van der Waals surface area contributed by atoms with Crippen LogP contribution in [0.4, 0.5) is 23.2 Å². The normalized spacial score (nSPS) is 14.4. The van der Waals surface area contributed by atoms with E-state index in [4.69, 9.17) is 0 Å². The van der Waals surface area contributed by atoms with Crippen LogP contribution in [-0.4, -0.2) is 43.6 Å². The van der Waals surface area contributed by atoms with Crippen LogP contribution in [0.25, 0.3) is 0 Å². The first-order chi connectivity index (χ1) is 12.7. The average Bonchev–Trinajstić information content (AvgIpc) is 2.55. The second kappa shape index (κ2) is 7.51. The Morgan fingerprint density at radius 3 is 2.36 bits per heavy atom. The monoisotopic (exact) mass is 418 g/mol. The molecule has 28 heavy (non-hydrogen) atoms. The fourth-order valence-corrected chi connectivity index (χ4v) is 3.90. The third kappa shape index (κ3) is 5.07. The van der Waals surface area contributed by atoms with Gasteiger partial charge in [-0.25, -0.2) is 12.8 Å². The Kier molecular flexibility index (Phi) is 5.86. The Labute approximate surface area is 158 Å². The molecular formula is C16H15BF4N2O4S. The molecule has 12 heteroatoms. The van der Waals surface area contributed by atoms with Crippen LogP contribution in [0.1, 0.15) is 12.5 Å². The molecular weight excluding hydrogens is 403 g/mol. The van der Waals surface area contributed by atoms with E-state index in [-0.39, 0.29) is 16.2 Å². The number of anilines is 1. The van der Waals surface area contributed by atoms with E-state index in [1.165, 1.54) is 0 Å². The standard InChI is InChI=1S/C16H15BF4N2O4S/c1-15(25,8-28(26,27)11-4-2-9(18)3-5-11)14(24)23-10-6-12(16(19,20)21)13(17)22-7-10/h2-7,25H,8,17H2,1H3,(H,23,24). The summed E-state index contributed by atoms with van der Waals surface area (Å²) >= 11 is 0. The molecule has 2 N–H and O–H groups in total.